The SMILES string of the molecule is CCc1cnc(C(C)NC(=O)N2CCC[C@H]2C(=O)O)s1. The zero-order chi connectivity index (χ0) is 14.7. The van der Waals surface area contributed by atoms with E-state index in [1.54, 1.807) is 11.3 Å². The number of carbonyl (C=O) groups is 2. The Morgan fingerprint density at radius 2 is 2.40 bits per heavy atom. The van der Waals surface area contributed by atoms with E-state index < -0.39 is 12.0 Å². The Morgan fingerprint density at radius 1 is 1.65 bits per heavy atom. The fourth-order valence-electron chi connectivity index (χ4n) is 2.28. The number of rotatable bonds is 4. The van der Waals surface area contributed by atoms with E-state index in [4.69, 9.17) is 5.11 Å². The first-order valence-electron chi connectivity index (χ1n) is 6.77. The van der Waals surface area contributed by atoms with Crippen LogP contribution in [0.2, 0.25) is 0 Å². The molecule has 0 aliphatic carbocycles. The maximum absolute atomic E-state index is 12.1. The van der Waals surface area contributed by atoms with Crippen molar-refractivity contribution in [2.24, 2.45) is 0 Å². The Bertz CT molecular complexity index is 503. The predicted molar refractivity (Wildman–Crippen MR) is 75.8 cm³/mol. The lowest BCUT2D eigenvalue weighted by atomic mass is 10.2. The van der Waals surface area contributed by atoms with Gasteiger partial charge in [-0.25, -0.2) is 14.6 Å². The lowest BCUT2D eigenvalue weighted by Gasteiger charge is -2.23. The second kappa shape index (κ2) is 6.21. The van der Waals surface area contributed by atoms with E-state index in [-0.39, 0.29) is 12.1 Å². The van der Waals surface area contributed by atoms with Crippen LogP contribution in [0.5, 0.6) is 0 Å². The van der Waals surface area contributed by atoms with Crippen LogP contribution in [-0.4, -0.2) is 39.6 Å². The van der Waals surface area contributed by atoms with Gasteiger partial charge in [0.1, 0.15) is 11.0 Å². The van der Waals surface area contributed by atoms with Crippen molar-refractivity contribution in [2.75, 3.05) is 6.54 Å². The highest BCUT2D eigenvalue weighted by atomic mass is 32.1. The van der Waals surface area contributed by atoms with Gasteiger partial charge < -0.3 is 15.3 Å². The first-order chi connectivity index (χ1) is 9.52. The Hall–Kier alpha value is -1.63. The molecule has 1 unspecified atom stereocenters. The number of hydrogen-bond acceptors (Lipinski definition) is 4. The van der Waals surface area contributed by atoms with Crippen LogP contribution in [0.4, 0.5) is 4.79 Å². The highest BCUT2D eigenvalue weighted by Crippen LogP contribution is 2.22. The number of aliphatic carboxylic acids is 1. The minimum absolute atomic E-state index is 0.206. The fraction of sp³-hybridized carbons (Fsp3) is 0.615. The van der Waals surface area contributed by atoms with Gasteiger partial charge in [-0.3, -0.25) is 0 Å². The molecule has 2 N–H and O–H groups in total. The third-order valence-corrected chi connectivity index (χ3v) is 4.75. The van der Waals surface area contributed by atoms with Crippen molar-refractivity contribution in [3.05, 3.63) is 16.1 Å². The predicted octanol–water partition coefficient (Wildman–Crippen LogP) is 2.03. The average molecular weight is 297 g/mol. The van der Waals surface area contributed by atoms with E-state index in [0.717, 1.165) is 17.8 Å². The Kier molecular flexibility index (Phi) is 4.59. The molecule has 1 fully saturated rings. The summed E-state index contributed by atoms with van der Waals surface area (Å²) < 4.78 is 0. The number of likely N-dealkylation sites (tertiary alicyclic amines) is 1. The molecule has 1 aromatic rings. The van der Waals surface area contributed by atoms with E-state index in [1.165, 1.54) is 9.78 Å². The second-order valence-electron chi connectivity index (χ2n) is 4.88. The third kappa shape index (κ3) is 3.09. The van der Waals surface area contributed by atoms with Crippen LogP contribution in [0.3, 0.4) is 0 Å². The van der Waals surface area contributed by atoms with Crippen molar-refractivity contribution in [2.45, 2.75) is 45.2 Å². The molecule has 20 heavy (non-hydrogen) atoms. The highest BCUT2D eigenvalue weighted by molar-refractivity contribution is 7.11. The number of nitrogens with one attached hydrogen (secondary N) is 1. The smallest absolute Gasteiger partial charge is 0.326 e. The zero-order valence-electron chi connectivity index (χ0n) is 11.6. The van der Waals surface area contributed by atoms with Crippen molar-refractivity contribution >= 4 is 23.3 Å². The van der Waals surface area contributed by atoms with Crippen LogP contribution in [0.1, 0.15) is 42.6 Å². The third-order valence-electron chi connectivity index (χ3n) is 3.43. The molecule has 1 aliphatic rings. The van der Waals surface area contributed by atoms with Crippen molar-refractivity contribution in [3.8, 4) is 0 Å². The van der Waals surface area contributed by atoms with Crippen LogP contribution in [0.25, 0.3) is 0 Å². The summed E-state index contributed by atoms with van der Waals surface area (Å²) >= 11 is 1.57. The molecule has 2 amide bonds. The number of aryl methyl sites for hydroxylation is 1. The van der Waals surface area contributed by atoms with Gasteiger partial charge in [0.25, 0.3) is 0 Å². The fourth-order valence-corrected chi connectivity index (χ4v) is 3.14. The average Bonchev–Trinajstić information content (AvgIpc) is 3.07. The number of urea groups is 1. The van der Waals surface area contributed by atoms with Gasteiger partial charge in [-0.1, -0.05) is 6.92 Å². The van der Waals surface area contributed by atoms with E-state index in [2.05, 4.69) is 17.2 Å². The molecule has 0 spiro atoms. The molecule has 0 aromatic carbocycles. The highest BCUT2D eigenvalue weighted by Gasteiger charge is 2.34. The van der Waals surface area contributed by atoms with Crippen LogP contribution in [0, 0.1) is 0 Å². The van der Waals surface area contributed by atoms with Gasteiger partial charge in [-0.15, -0.1) is 11.3 Å². The van der Waals surface area contributed by atoms with E-state index in [1.807, 2.05) is 13.1 Å². The molecule has 2 rings (SSSR count). The number of amides is 2. The molecule has 2 heterocycles. The largest absolute Gasteiger partial charge is 0.480 e. The van der Waals surface area contributed by atoms with Crippen molar-refractivity contribution in [1.29, 1.82) is 0 Å². The van der Waals surface area contributed by atoms with Gasteiger partial charge in [-0.2, -0.15) is 0 Å². The van der Waals surface area contributed by atoms with E-state index >= 15 is 0 Å². The normalized spacial score (nSPS) is 19.9. The Morgan fingerprint density at radius 3 is 3.00 bits per heavy atom. The summed E-state index contributed by atoms with van der Waals surface area (Å²) in [6.45, 7) is 4.41. The molecule has 2 atom stereocenters. The lowest BCUT2D eigenvalue weighted by molar-refractivity contribution is -0.141. The molecule has 1 saturated heterocycles. The monoisotopic (exact) mass is 297 g/mol. The minimum atomic E-state index is -0.937. The van der Waals surface area contributed by atoms with Crippen molar-refractivity contribution in [3.63, 3.8) is 0 Å². The zero-order valence-corrected chi connectivity index (χ0v) is 12.4. The number of carboxylic acid groups (broad SMARTS) is 1. The first-order valence-corrected chi connectivity index (χ1v) is 7.59. The maximum atomic E-state index is 12.1. The standard InChI is InChI=1S/C13H19N3O3S/c1-3-9-7-14-11(20-9)8(2)15-13(19)16-6-4-5-10(16)12(17)18/h7-8,10H,3-6H2,1-2H3,(H,15,19)(H,17,18)/t8?,10-/m0/s1. The molecule has 0 radical (unpaired) electrons. The lowest BCUT2D eigenvalue weighted by Crippen LogP contribution is -2.46. The van der Waals surface area contributed by atoms with Crippen molar-refractivity contribution < 1.29 is 14.7 Å². The quantitative estimate of drug-likeness (QED) is 0.890. The molecule has 1 aromatic heterocycles. The molecule has 0 saturated carbocycles. The molecular formula is C13H19N3O3S. The first kappa shape index (κ1) is 14.8. The summed E-state index contributed by atoms with van der Waals surface area (Å²) in [5.74, 6) is -0.937. The molecule has 110 valence electrons. The molecule has 7 heteroatoms. The minimum Gasteiger partial charge on any atom is -0.480 e. The van der Waals surface area contributed by atoms with Gasteiger partial charge in [0.2, 0.25) is 0 Å². The Labute approximate surface area is 121 Å². The van der Waals surface area contributed by atoms with Crippen LogP contribution in [-0.2, 0) is 11.2 Å². The summed E-state index contributed by atoms with van der Waals surface area (Å²) in [4.78, 5) is 30.1. The number of carboxylic acids is 1. The van der Waals surface area contributed by atoms with E-state index in [0.29, 0.717) is 13.0 Å². The number of nitrogens with zero attached hydrogens (tertiary/aromatic N) is 2. The summed E-state index contributed by atoms with van der Waals surface area (Å²) in [6, 6.07) is -1.23. The number of carbonyl (C=O) groups excluding carboxylic acids is 1. The van der Waals surface area contributed by atoms with Crippen LogP contribution in [0.15, 0.2) is 6.20 Å². The topological polar surface area (TPSA) is 82.5 Å². The summed E-state index contributed by atoms with van der Waals surface area (Å²) in [5, 5.41) is 12.8. The van der Waals surface area contributed by atoms with Crippen molar-refractivity contribution in [1.82, 2.24) is 15.2 Å². The van der Waals surface area contributed by atoms with E-state index in [9.17, 15) is 9.59 Å². The summed E-state index contributed by atoms with van der Waals surface area (Å²) in [7, 11) is 0. The molecule has 6 nitrogen and oxygen atoms in total. The number of aromatic nitrogens is 1. The summed E-state index contributed by atoms with van der Waals surface area (Å²) in [5.41, 5.74) is 0. The van der Waals surface area contributed by atoms with Gasteiger partial charge in [-0.05, 0) is 26.2 Å². The van der Waals surface area contributed by atoms with Gasteiger partial charge in [0.15, 0.2) is 0 Å². The van der Waals surface area contributed by atoms with Gasteiger partial charge in [0, 0.05) is 17.6 Å². The van der Waals surface area contributed by atoms with Crippen LogP contribution >= 0.6 is 11.3 Å². The maximum Gasteiger partial charge on any atom is 0.326 e. The summed E-state index contributed by atoms with van der Waals surface area (Å²) in [6.07, 6.45) is 3.99. The number of thiazole rings is 1. The molecule has 0 bridgehead atoms. The molecular weight excluding hydrogens is 278 g/mol. The number of hydrogen-bond donors (Lipinski definition) is 2. The van der Waals surface area contributed by atoms with Gasteiger partial charge in [0.05, 0.1) is 6.04 Å². The van der Waals surface area contributed by atoms with Gasteiger partial charge >= 0.3 is 12.0 Å². The molecule has 1 aliphatic heterocycles. The van der Waals surface area contributed by atoms with Crippen LogP contribution < -0.4 is 5.32 Å². The Balaban J connectivity index is 1.98. The second-order valence-corrected chi connectivity index (χ2v) is 6.03.